The number of sulfonamides is 1. The average Bonchev–Trinajstić information content (AvgIpc) is 2.38. The van der Waals surface area contributed by atoms with E-state index < -0.39 is 10.0 Å². The zero-order chi connectivity index (χ0) is 14.9. The first-order valence-electron chi connectivity index (χ1n) is 6.84. The number of benzene rings is 1. The molecule has 3 N–H and O–H groups in total. The Morgan fingerprint density at radius 1 is 1.15 bits per heavy atom. The number of halogens is 1. The maximum Gasteiger partial charge on any atom is 0.240 e. The zero-order valence-electron chi connectivity index (χ0n) is 11.8. The molecule has 112 valence electrons. The summed E-state index contributed by atoms with van der Waals surface area (Å²) in [6.07, 6.45) is 3.16. The van der Waals surface area contributed by atoms with Gasteiger partial charge in [-0.1, -0.05) is 0 Å². The van der Waals surface area contributed by atoms with E-state index in [1.165, 1.54) is 12.1 Å². The van der Waals surface area contributed by atoms with Crippen LogP contribution in [0.5, 0.6) is 0 Å². The molecule has 0 spiro atoms. The van der Waals surface area contributed by atoms with Crippen LogP contribution in [0.1, 0.15) is 36.8 Å². The molecular weight excluding hydrogens is 279 g/mol. The highest BCUT2D eigenvalue weighted by Crippen LogP contribution is 2.22. The first kappa shape index (κ1) is 15.4. The minimum atomic E-state index is -3.60. The fourth-order valence-corrected chi connectivity index (χ4v) is 4.06. The molecule has 0 aromatic heterocycles. The Hall–Kier alpha value is -0.980. The molecule has 1 aliphatic carbocycles. The van der Waals surface area contributed by atoms with Crippen LogP contribution < -0.4 is 10.5 Å². The van der Waals surface area contributed by atoms with E-state index in [-0.39, 0.29) is 22.8 Å². The van der Waals surface area contributed by atoms with E-state index in [0.717, 1.165) is 25.7 Å². The highest BCUT2D eigenvalue weighted by molar-refractivity contribution is 7.89. The van der Waals surface area contributed by atoms with E-state index >= 15 is 0 Å². The third kappa shape index (κ3) is 3.37. The molecule has 0 bridgehead atoms. The lowest BCUT2D eigenvalue weighted by molar-refractivity contribution is 0.373. The van der Waals surface area contributed by atoms with Crippen LogP contribution in [-0.4, -0.2) is 20.5 Å². The molecule has 0 amide bonds. The van der Waals surface area contributed by atoms with E-state index in [0.29, 0.717) is 11.1 Å². The van der Waals surface area contributed by atoms with Gasteiger partial charge in [0.25, 0.3) is 0 Å². The lowest BCUT2D eigenvalue weighted by atomic mass is 9.93. The van der Waals surface area contributed by atoms with Crippen molar-refractivity contribution in [3.05, 3.63) is 29.1 Å². The van der Waals surface area contributed by atoms with Crippen LogP contribution in [0.25, 0.3) is 0 Å². The van der Waals surface area contributed by atoms with Gasteiger partial charge in [-0.15, -0.1) is 0 Å². The van der Waals surface area contributed by atoms with E-state index in [2.05, 4.69) is 4.72 Å². The molecule has 2 rings (SSSR count). The van der Waals surface area contributed by atoms with Gasteiger partial charge in [-0.05, 0) is 62.8 Å². The summed E-state index contributed by atoms with van der Waals surface area (Å²) in [6, 6.07) is 2.84. The monoisotopic (exact) mass is 300 g/mol. The van der Waals surface area contributed by atoms with Gasteiger partial charge in [0.05, 0.1) is 4.90 Å². The Kier molecular flexibility index (Phi) is 4.46. The highest BCUT2D eigenvalue weighted by Gasteiger charge is 2.25. The molecule has 1 saturated carbocycles. The molecule has 0 aliphatic heterocycles. The third-order valence-electron chi connectivity index (χ3n) is 3.81. The van der Waals surface area contributed by atoms with Gasteiger partial charge in [0, 0.05) is 12.1 Å². The van der Waals surface area contributed by atoms with Crippen molar-refractivity contribution in [2.24, 2.45) is 5.73 Å². The van der Waals surface area contributed by atoms with Crippen molar-refractivity contribution in [1.29, 1.82) is 0 Å². The largest absolute Gasteiger partial charge is 0.328 e. The first-order chi connectivity index (χ1) is 9.29. The summed E-state index contributed by atoms with van der Waals surface area (Å²) in [5, 5.41) is 0. The van der Waals surface area contributed by atoms with E-state index in [4.69, 9.17) is 5.73 Å². The van der Waals surface area contributed by atoms with Crippen LogP contribution >= 0.6 is 0 Å². The minimum absolute atomic E-state index is 0.0783. The average molecular weight is 300 g/mol. The van der Waals surface area contributed by atoms with Gasteiger partial charge in [0.15, 0.2) is 0 Å². The normalized spacial score (nSPS) is 23.8. The number of aryl methyl sites for hydroxylation is 2. The number of rotatable bonds is 3. The van der Waals surface area contributed by atoms with Crippen LogP contribution in [-0.2, 0) is 10.0 Å². The zero-order valence-corrected chi connectivity index (χ0v) is 12.6. The molecule has 1 aromatic carbocycles. The topological polar surface area (TPSA) is 72.2 Å². The Labute approximate surface area is 119 Å². The molecule has 0 unspecified atom stereocenters. The number of hydrogen-bond acceptors (Lipinski definition) is 3. The van der Waals surface area contributed by atoms with Crippen molar-refractivity contribution in [3.8, 4) is 0 Å². The third-order valence-corrected chi connectivity index (χ3v) is 5.31. The maximum absolute atomic E-state index is 13.6. The second kappa shape index (κ2) is 5.79. The Balaban J connectivity index is 2.18. The fraction of sp³-hybridized carbons (Fsp3) is 0.571. The quantitative estimate of drug-likeness (QED) is 0.896. The fourth-order valence-electron chi connectivity index (χ4n) is 2.59. The molecule has 0 saturated heterocycles. The summed E-state index contributed by atoms with van der Waals surface area (Å²) in [5.74, 6) is -0.354. The SMILES string of the molecule is Cc1cc(S(=O)(=O)NC2CCC(N)CC2)cc(C)c1F. The van der Waals surface area contributed by atoms with Gasteiger partial charge >= 0.3 is 0 Å². The number of nitrogens with two attached hydrogens (primary N) is 1. The summed E-state index contributed by atoms with van der Waals surface area (Å²) in [4.78, 5) is 0.128. The van der Waals surface area contributed by atoms with Gasteiger partial charge in [-0.3, -0.25) is 0 Å². The van der Waals surface area contributed by atoms with E-state index in [1.54, 1.807) is 13.8 Å². The minimum Gasteiger partial charge on any atom is -0.328 e. The standard InChI is InChI=1S/C14H21FN2O2S/c1-9-7-13(8-10(2)14(9)15)20(18,19)17-12-5-3-11(16)4-6-12/h7-8,11-12,17H,3-6,16H2,1-2H3. The summed E-state index contributed by atoms with van der Waals surface area (Å²) >= 11 is 0. The van der Waals surface area contributed by atoms with Crippen LogP contribution in [0.15, 0.2) is 17.0 Å². The maximum atomic E-state index is 13.6. The first-order valence-corrected chi connectivity index (χ1v) is 8.32. The van der Waals surface area contributed by atoms with Crippen LogP contribution in [0, 0.1) is 19.7 Å². The molecule has 0 radical (unpaired) electrons. The van der Waals surface area contributed by atoms with Crippen LogP contribution in [0.2, 0.25) is 0 Å². The predicted octanol–water partition coefficient (Wildman–Crippen LogP) is 1.99. The molecule has 1 aromatic rings. The van der Waals surface area contributed by atoms with Gasteiger partial charge in [0.2, 0.25) is 10.0 Å². The Morgan fingerprint density at radius 2 is 1.65 bits per heavy atom. The van der Waals surface area contributed by atoms with E-state index in [9.17, 15) is 12.8 Å². The molecule has 0 atom stereocenters. The summed E-state index contributed by atoms with van der Waals surface area (Å²) in [6.45, 7) is 3.14. The molecule has 20 heavy (non-hydrogen) atoms. The van der Waals surface area contributed by atoms with Gasteiger partial charge in [-0.25, -0.2) is 17.5 Å². The second-order valence-corrected chi connectivity index (χ2v) is 7.32. The second-order valence-electron chi connectivity index (χ2n) is 5.60. The molecular formula is C14H21FN2O2S. The van der Waals surface area contributed by atoms with Gasteiger partial charge in [-0.2, -0.15) is 0 Å². The number of nitrogens with one attached hydrogen (secondary N) is 1. The molecule has 1 aliphatic rings. The van der Waals surface area contributed by atoms with Crippen LogP contribution in [0.3, 0.4) is 0 Å². The van der Waals surface area contributed by atoms with E-state index in [1.807, 2.05) is 0 Å². The lowest BCUT2D eigenvalue weighted by Gasteiger charge is -2.26. The molecule has 1 fully saturated rings. The van der Waals surface area contributed by atoms with Crippen LogP contribution in [0.4, 0.5) is 4.39 Å². The smallest absolute Gasteiger partial charge is 0.240 e. The van der Waals surface area contributed by atoms with Crippen molar-refractivity contribution in [3.63, 3.8) is 0 Å². The summed E-state index contributed by atoms with van der Waals surface area (Å²) < 4.78 is 40.9. The summed E-state index contributed by atoms with van der Waals surface area (Å²) in [7, 11) is -3.60. The van der Waals surface area contributed by atoms with Crippen molar-refractivity contribution in [2.75, 3.05) is 0 Å². The molecule has 6 heteroatoms. The van der Waals surface area contributed by atoms with Gasteiger partial charge < -0.3 is 5.73 Å². The van der Waals surface area contributed by atoms with Crippen molar-refractivity contribution in [2.45, 2.75) is 56.5 Å². The highest BCUT2D eigenvalue weighted by atomic mass is 32.2. The Morgan fingerprint density at radius 3 is 2.15 bits per heavy atom. The Bertz CT molecular complexity index is 570. The van der Waals surface area contributed by atoms with Crippen molar-refractivity contribution < 1.29 is 12.8 Å². The molecule has 0 heterocycles. The molecule has 4 nitrogen and oxygen atoms in total. The lowest BCUT2D eigenvalue weighted by Crippen LogP contribution is -2.40. The van der Waals surface area contributed by atoms with Crippen molar-refractivity contribution >= 4 is 10.0 Å². The summed E-state index contributed by atoms with van der Waals surface area (Å²) in [5.41, 5.74) is 6.50. The van der Waals surface area contributed by atoms with Crippen molar-refractivity contribution in [1.82, 2.24) is 4.72 Å². The number of hydrogen-bond donors (Lipinski definition) is 2. The van der Waals surface area contributed by atoms with Gasteiger partial charge in [0.1, 0.15) is 5.82 Å². The predicted molar refractivity (Wildman–Crippen MR) is 76.4 cm³/mol.